The molecule has 0 aromatic heterocycles. The maximum Gasteiger partial charge on any atom is 0.0594 e. The minimum atomic E-state index is 0.220. The Morgan fingerprint density at radius 3 is 2.69 bits per heavy atom. The summed E-state index contributed by atoms with van der Waals surface area (Å²) in [4.78, 5) is 0. The third-order valence-electron chi connectivity index (χ3n) is 3.23. The lowest BCUT2D eigenvalue weighted by Crippen LogP contribution is -2.28. The SMILES string of the molecule is CC1CCC(CC(N)Cc2ccccc2)O1. The molecule has 2 rings (SSSR count). The van der Waals surface area contributed by atoms with Crippen LogP contribution in [-0.4, -0.2) is 18.2 Å². The second kappa shape index (κ2) is 5.46. The quantitative estimate of drug-likeness (QED) is 0.844. The Morgan fingerprint density at radius 1 is 1.31 bits per heavy atom. The minimum Gasteiger partial charge on any atom is -0.375 e. The third kappa shape index (κ3) is 3.32. The summed E-state index contributed by atoms with van der Waals surface area (Å²) in [6.45, 7) is 2.14. The monoisotopic (exact) mass is 219 g/mol. The van der Waals surface area contributed by atoms with Crippen molar-refractivity contribution < 1.29 is 4.74 Å². The summed E-state index contributed by atoms with van der Waals surface area (Å²) in [5.41, 5.74) is 7.47. The molecule has 0 bridgehead atoms. The Morgan fingerprint density at radius 2 is 2.06 bits per heavy atom. The van der Waals surface area contributed by atoms with E-state index in [1.165, 1.54) is 18.4 Å². The van der Waals surface area contributed by atoms with E-state index in [-0.39, 0.29) is 6.04 Å². The first-order valence-corrected chi connectivity index (χ1v) is 6.19. The van der Waals surface area contributed by atoms with Crippen LogP contribution in [0.15, 0.2) is 30.3 Å². The van der Waals surface area contributed by atoms with Crippen molar-refractivity contribution in [1.29, 1.82) is 0 Å². The van der Waals surface area contributed by atoms with E-state index in [1.54, 1.807) is 0 Å². The minimum absolute atomic E-state index is 0.220. The van der Waals surface area contributed by atoms with Crippen molar-refractivity contribution in [1.82, 2.24) is 0 Å². The first kappa shape index (κ1) is 11.6. The van der Waals surface area contributed by atoms with Crippen LogP contribution in [0.3, 0.4) is 0 Å². The van der Waals surface area contributed by atoms with Crippen molar-refractivity contribution in [2.24, 2.45) is 5.73 Å². The summed E-state index contributed by atoms with van der Waals surface area (Å²) >= 11 is 0. The van der Waals surface area contributed by atoms with Gasteiger partial charge in [0.05, 0.1) is 12.2 Å². The highest BCUT2D eigenvalue weighted by molar-refractivity contribution is 5.15. The van der Waals surface area contributed by atoms with Crippen LogP contribution in [0, 0.1) is 0 Å². The molecule has 0 aliphatic carbocycles. The fourth-order valence-corrected chi connectivity index (χ4v) is 2.40. The summed E-state index contributed by atoms with van der Waals surface area (Å²) in [7, 11) is 0. The van der Waals surface area contributed by atoms with E-state index in [1.807, 2.05) is 6.07 Å². The van der Waals surface area contributed by atoms with Crippen LogP contribution in [-0.2, 0) is 11.2 Å². The molecule has 3 atom stereocenters. The molecule has 0 saturated carbocycles. The zero-order chi connectivity index (χ0) is 11.4. The average Bonchev–Trinajstić information content (AvgIpc) is 2.65. The first-order chi connectivity index (χ1) is 7.74. The molecule has 2 N–H and O–H groups in total. The Bertz CT molecular complexity index is 312. The highest BCUT2D eigenvalue weighted by Gasteiger charge is 2.23. The van der Waals surface area contributed by atoms with Crippen molar-refractivity contribution in [3.63, 3.8) is 0 Å². The number of rotatable bonds is 4. The van der Waals surface area contributed by atoms with E-state index in [0.29, 0.717) is 12.2 Å². The van der Waals surface area contributed by atoms with Crippen molar-refractivity contribution in [3.8, 4) is 0 Å². The predicted molar refractivity (Wildman–Crippen MR) is 66.3 cm³/mol. The largest absolute Gasteiger partial charge is 0.375 e. The summed E-state index contributed by atoms with van der Waals surface area (Å²) in [5.74, 6) is 0. The standard InChI is InChI=1S/C14H21NO/c1-11-7-8-14(16-11)10-13(15)9-12-5-3-2-4-6-12/h2-6,11,13-14H,7-10,15H2,1H3. The molecule has 1 aliphatic rings. The van der Waals surface area contributed by atoms with Crippen LogP contribution in [0.25, 0.3) is 0 Å². The highest BCUT2D eigenvalue weighted by Crippen LogP contribution is 2.22. The Hall–Kier alpha value is -0.860. The van der Waals surface area contributed by atoms with Crippen LogP contribution in [0.1, 0.15) is 31.7 Å². The first-order valence-electron chi connectivity index (χ1n) is 6.19. The van der Waals surface area contributed by atoms with Gasteiger partial charge in [0.2, 0.25) is 0 Å². The maximum absolute atomic E-state index is 6.15. The Balaban J connectivity index is 1.78. The van der Waals surface area contributed by atoms with Crippen molar-refractivity contribution in [2.45, 2.75) is 50.9 Å². The number of hydrogen-bond donors (Lipinski definition) is 1. The van der Waals surface area contributed by atoms with Crippen LogP contribution >= 0.6 is 0 Å². The van der Waals surface area contributed by atoms with Gasteiger partial charge in [0.25, 0.3) is 0 Å². The lowest BCUT2D eigenvalue weighted by Gasteiger charge is -2.17. The molecular weight excluding hydrogens is 198 g/mol. The van der Waals surface area contributed by atoms with E-state index in [2.05, 4.69) is 31.2 Å². The summed E-state index contributed by atoms with van der Waals surface area (Å²) in [6.07, 6.45) is 5.10. The van der Waals surface area contributed by atoms with Gasteiger partial charge in [0, 0.05) is 6.04 Å². The van der Waals surface area contributed by atoms with Crippen LogP contribution in [0.2, 0.25) is 0 Å². The second-order valence-electron chi connectivity index (χ2n) is 4.83. The van der Waals surface area contributed by atoms with Gasteiger partial charge >= 0.3 is 0 Å². The molecule has 16 heavy (non-hydrogen) atoms. The van der Waals surface area contributed by atoms with Crippen molar-refractivity contribution in [3.05, 3.63) is 35.9 Å². The van der Waals surface area contributed by atoms with E-state index in [9.17, 15) is 0 Å². The number of benzene rings is 1. The maximum atomic E-state index is 6.15. The fraction of sp³-hybridized carbons (Fsp3) is 0.571. The Labute approximate surface area is 97.8 Å². The van der Waals surface area contributed by atoms with Gasteiger partial charge in [0.15, 0.2) is 0 Å². The number of nitrogens with two attached hydrogens (primary N) is 1. The van der Waals surface area contributed by atoms with Gasteiger partial charge < -0.3 is 10.5 Å². The topological polar surface area (TPSA) is 35.2 Å². The molecular formula is C14H21NO. The van der Waals surface area contributed by atoms with Gasteiger partial charge in [-0.2, -0.15) is 0 Å². The molecule has 1 aromatic rings. The molecule has 1 aromatic carbocycles. The second-order valence-corrected chi connectivity index (χ2v) is 4.83. The van der Waals surface area contributed by atoms with Crippen LogP contribution in [0.5, 0.6) is 0 Å². The Kier molecular flexibility index (Phi) is 3.97. The normalized spacial score (nSPS) is 26.9. The number of ether oxygens (including phenoxy) is 1. The van der Waals surface area contributed by atoms with Crippen LogP contribution < -0.4 is 5.73 Å². The molecule has 0 radical (unpaired) electrons. The van der Waals surface area contributed by atoms with Gasteiger partial charge in [-0.05, 0) is 38.2 Å². The molecule has 1 saturated heterocycles. The molecule has 0 amide bonds. The van der Waals surface area contributed by atoms with Crippen molar-refractivity contribution in [2.75, 3.05) is 0 Å². The smallest absolute Gasteiger partial charge is 0.0594 e. The predicted octanol–water partition coefficient (Wildman–Crippen LogP) is 2.51. The highest BCUT2D eigenvalue weighted by atomic mass is 16.5. The van der Waals surface area contributed by atoms with Gasteiger partial charge in [-0.1, -0.05) is 30.3 Å². The molecule has 88 valence electrons. The molecule has 2 nitrogen and oxygen atoms in total. The zero-order valence-electron chi connectivity index (χ0n) is 9.93. The lowest BCUT2D eigenvalue weighted by atomic mass is 10.0. The summed E-state index contributed by atoms with van der Waals surface area (Å²) in [5, 5.41) is 0. The van der Waals surface area contributed by atoms with Gasteiger partial charge in [-0.25, -0.2) is 0 Å². The van der Waals surface area contributed by atoms with Gasteiger partial charge in [-0.15, -0.1) is 0 Å². The van der Waals surface area contributed by atoms with Gasteiger partial charge in [-0.3, -0.25) is 0 Å². The molecule has 1 heterocycles. The fourth-order valence-electron chi connectivity index (χ4n) is 2.40. The van der Waals surface area contributed by atoms with Gasteiger partial charge in [0.1, 0.15) is 0 Å². The third-order valence-corrected chi connectivity index (χ3v) is 3.23. The van der Waals surface area contributed by atoms with E-state index in [0.717, 1.165) is 12.8 Å². The molecule has 0 spiro atoms. The van der Waals surface area contributed by atoms with E-state index in [4.69, 9.17) is 10.5 Å². The van der Waals surface area contributed by atoms with E-state index >= 15 is 0 Å². The number of hydrogen-bond acceptors (Lipinski definition) is 2. The molecule has 2 heteroatoms. The average molecular weight is 219 g/mol. The summed E-state index contributed by atoms with van der Waals surface area (Å²) in [6, 6.07) is 10.7. The molecule has 3 unspecified atom stereocenters. The van der Waals surface area contributed by atoms with E-state index < -0.39 is 0 Å². The molecule has 1 aliphatic heterocycles. The van der Waals surface area contributed by atoms with Crippen LogP contribution in [0.4, 0.5) is 0 Å². The summed E-state index contributed by atoms with van der Waals surface area (Å²) < 4.78 is 5.79. The molecule has 1 fully saturated rings. The lowest BCUT2D eigenvalue weighted by molar-refractivity contribution is 0.0471. The van der Waals surface area contributed by atoms with Crippen molar-refractivity contribution >= 4 is 0 Å². The zero-order valence-corrected chi connectivity index (χ0v) is 9.93.